The zero-order chi connectivity index (χ0) is 16.5. The fourth-order valence-electron chi connectivity index (χ4n) is 2.67. The van der Waals surface area contributed by atoms with Gasteiger partial charge in [-0.05, 0) is 35.7 Å². The van der Waals surface area contributed by atoms with Gasteiger partial charge in [0.1, 0.15) is 11.1 Å². The predicted molar refractivity (Wildman–Crippen MR) is 95.4 cm³/mol. The summed E-state index contributed by atoms with van der Waals surface area (Å²) in [5, 5.41) is 1.55. The quantitative estimate of drug-likeness (QED) is 0.396. The average molecular weight is 337 g/mol. The monoisotopic (exact) mass is 337 g/mol. The molecule has 0 saturated heterocycles. The number of nitrogens with zero attached hydrogens (tertiary/aromatic N) is 1. The molecule has 0 N–H and O–H groups in total. The van der Waals surface area contributed by atoms with Gasteiger partial charge in [0.25, 0.3) is 5.22 Å². The van der Waals surface area contributed by atoms with Gasteiger partial charge >= 0.3 is 5.63 Å². The lowest BCUT2D eigenvalue weighted by Crippen LogP contribution is -2.00. The van der Waals surface area contributed by atoms with Gasteiger partial charge in [0.05, 0.1) is 0 Å². The average Bonchev–Trinajstić information content (AvgIpc) is 3.01. The first-order valence-corrected chi connectivity index (χ1v) is 8.75. The van der Waals surface area contributed by atoms with Gasteiger partial charge in [0.15, 0.2) is 5.58 Å². The molecule has 2 aromatic heterocycles. The smallest absolute Gasteiger partial charge is 0.336 e. The third-order valence-electron chi connectivity index (χ3n) is 3.93. The number of thioether (sulfide) groups is 1. The van der Waals surface area contributed by atoms with Gasteiger partial charge in [-0.25, -0.2) is 9.78 Å². The van der Waals surface area contributed by atoms with E-state index in [9.17, 15) is 4.79 Å². The van der Waals surface area contributed by atoms with Crippen LogP contribution in [0.3, 0.4) is 0 Å². The van der Waals surface area contributed by atoms with E-state index < -0.39 is 0 Å². The number of benzene rings is 2. The van der Waals surface area contributed by atoms with Crippen LogP contribution in [0.15, 0.2) is 67.4 Å². The van der Waals surface area contributed by atoms with E-state index in [2.05, 4.69) is 18.0 Å². The minimum absolute atomic E-state index is 0.330. The summed E-state index contributed by atoms with van der Waals surface area (Å²) in [5.74, 6) is 0.598. The number of fused-ring (bicyclic) bond motifs is 2. The molecular weight excluding hydrogens is 322 g/mol. The normalized spacial score (nSPS) is 11.4. The molecule has 0 atom stereocenters. The molecule has 0 amide bonds. The maximum Gasteiger partial charge on any atom is 0.336 e. The molecule has 0 fully saturated rings. The van der Waals surface area contributed by atoms with E-state index in [1.165, 1.54) is 11.8 Å². The zero-order valence-electron chi connectivity index (χ0n) is 13.1. The lowest BCUT2D eigenvalue weighted by atomic mass is 10.1. The van der Waals surface area contributed by atoms with Crippen molar-refractivity contribution in [3.8, 4) is 0 Å². The molecule has 2 aromatic carbocycles. The maximum atomic E-state index is 11.8. The highest BCUT2D eigenvalue weighted by Crippen LogP contribution is 2.28. The lowest BCUT2D eigenvalue weighted by Gasteiger charge is -2.05. The van der Waals surface area contributed by atoms with Crippen LogP contribution in [0.2, 0.25) is 0 Å². The van der Waals surface area contributed by atoms with Crippen molar-refractivity contribution in [1.82, 2.24) is 4.98 Å². The Morgan fingerprint density at radius 2 is 1.92 bits per heavy atom. The molecule has 0 radical (unpaired) electrons. The van der Waals surface area contributed by atoms with Gasteiger partial charge in [0, 0.05) is 17.2 Å². The highest BCUT2D eigenvalue weighted by atomic mass is 32.2. The zero-order valence-corrected chi connectivity index (χ0v) is 13.9. The first kappa shape index (κ1) is 15.0. The second-order valence-electron chi connectivity index (χ2n) is 5.51. The van der Waals surface area contributed by atoms with Crippen LogP contribution >= 0.6 is 11.8 Å². The Balaban J connectivity index is 1.67. The minimum Gasteiger partial charge on any atom is -0.431 e. The number of hydrogen-bond acceptors (Lipinski definition) is 5. The molecular formula is C19H15NO3S. The van der Waals surface area contributed by atoms with E-state index in [0.29, 0.717) is 16.6 Å². The summed E-state index contributed by atoms with van der Waals surface area (Å²) in [6.45, 7) is 2.08. The van der Waals surface area contributed by atoms with Crippen molar-refractivity contribution in [2.24, 2.45) is 0 Å². The van der Waals surface area contributed by atoms with Crippen molar-refractivity contribution in [2.45, 2.75) is 24.3 Å². The second-order valence-corrected chi connectivity index (χ2v) is 6.44. The van der Waals surface area contributed by atoms with E-state index in [1.54, 1.807) is 6.07 Å². The van der Waals surface area contributed by atoms with E-state index >= 15 is 0 Å². The number of aryl methyl sites for hydroxylation is 1. The van der Waals surface area contributed by atoms with Crippen molar-refractivity contribution in [3.63, 3.8) is 0 Å². The molecule has 0 bridgehead atoms. The summed E-state index contributed by atoms with van der Waals surface area (Å²) in [5.41, 5.74) is 3.99. The number of oxazole rings is 1. The third kappa shape index (κ3) is 2.83. The van der Waals surface area contributed by atoms with Crippen LogP contribution in [-0.4, -0.2) is 4.98 Å². The van der Waals surface area contributed by atoms with Crippen LogP contribution in [0.5, 0.6) is 0 Å². The molecule has 0 spiro atoms. The molecule has 4 rings (SSSR count). The van der Waals surface area contributed by atoms with Gasteiger partial charge in [-0.2, -0.15) is 0 Å². The first-order chi connectivity index (χ1) is 11.7. The number of para-hydroxylation sites is 2. The molecule has 0 unspecified atom stereocenters. The van der Waals surface area contributed by atoms with E-state index in [1.807, 2.05) is 36.4 Å². The van der Waals surface area contributed by atoms with Crippen LogP contribution in [0.1, 0.15) is 18.1 Å². The van der Waals surface area contributed by atoms with Crippen LogP contribution in [-0.2, 0) is 12.2 Å². The van der Waals surface area contributed by atoms with Crippen molar-refractivity contribution in [1.29, 1.82) is 0 Å². The molecule has 24 heavy (non-hydrogen) atoms. The van der Waals surface area contributed by atoms with Gasteiger partial charge in [-0.1, -0.05) is 43.0 Å². The SMILES string of the molecule is CCc1ccc2c(CSc3nc4ccccc4o3)cc(=O)oc2c1. The van der Waals surface area contributed by atoms with Crippen molar-refractivity contribution < 1.29 is 8.83 Å². The molecule has 120 valence electrons. The summed E-state index contributed by atoms with van der Waals surface area (Å²) < 4.78 is 11.1. The number of rotatable bonds is 4. The lowest BCUT2D eigenvalue weighted by molar-refractivity contribution is 0.489. The van der Waals surface area contributed by atoms with Crippen LogP contribution < -0.4 is 5.63 Å². The molecule has 0 aliphatic rings. The molecule has 4 nitrogen and oxygen atoms in total. The predicted octanol–water partition coefficient (Wildman–Crippen LogP) is 4.79. The Labute approximate surface area is 142 Å². The van der Waals surface area contributed by atoms with Crippen LogP contribution in [0.4, 0.5) is 0 Å². The standard InChI is InChI=1S/C19H15NO3S/c1-2-12-7-8-14-13(10-18(21)22-17(14)9-12)11-24-19-20-15-5-3-4-6-16(15)23-19/h3-10H,2,11H2,1H3. The largest absolute Gasteiger partial charge is 0.431 e. The summed E-state index contributed by atoms with van der Waals surface area (Å²) >= 11 is 1.47. The minimum atomic E-state index is -0.330. The van der Waals surface area contributed by atoms with Gasteiger partial charge < -0.3 is 8.83 Å². The van der Waals surface area contributed by atoms with E-state index in [4.69, 9.17) is 8.83 Å². The van der Waals surface area contributed by atoms with Crippen molar-refractivity contribution >= 4 is 33.8 Å². The first-order valence-electron chi connectivity index (χ1n) is 7.77. The number of aromatic nitrogens is 1. The summed E-state index contributed by atoms with van der Waals surface area (Å²) in [7, 11) is 0. The van der Waals surface area contributed by atoms with Gasteiger partial charge in [0.2, 0.25) is 0 Å². The van der Waals surface area contributed by atoms with E-state index in [-0.39, 0.29) is 5.63 Å². The van der Waals surface area contributed by atoms with Gasteiger partial charge in [-0.3, -0.25) is 0 Å². The summed E-state index contributed by atoms with van der Waals surface area (Å²) in [4.78, 5) is 16.3. The second kappa shape index (κ2) is 6.17. The summed E-state index contributed by atoms with van der Waals surface area (Å²) in [6, 6.07) is 15.2. The summed E-state index contributed by atoms with van der Waals surface area (Å²) in [6.07, 6.45) is 0.904. The molecule has 0 saturated carbocycles. The molecule has 5 heteroatoms. The highest BCUT2D eigenvalue weighted by Gasteiger charge is 2.10. The van der Waals surface area contributed by atoms with E-state index in [0.717, 1.165) is 34.0 Å². The Morgan fingerprint density at radius 3 is 2.75 bits per heavy atom. The Hall–Kier alpha value is -2.53. The fraction of sp³-hybridized carbons (Fsp3) is 0.158. The molecule has 0 aliphatic carbocycles. The van der Waals surface area contributed by atoms with Crippen LogP contribution in [0, 0.1) is 0 Å². The topological polar surface area (TPSA) is 56.2 Å². The Morgan fingerprint density at radius 1 is 1.04 bits per heavy atom. The maximum absolute atomic E-state index is 11.8. The third-order valence-corrected chi connectivity index (χ3v) is 4.81. The highest BCUT2D eigenvalue weighted by molar-refractivity contribution is 7.98. The molecule has 4 aromatic rings. The Kier molecular flexibility index (Phi) is 3.86. The van der Waals surface area contributed by atoms with Crippen molar-refractivity contribution in [3.05, 3.63) is 70.1 Å². The number of hydrogen-bond donors (Lipinski definition) is 0. The van der Waals surface area contributed by atoms with Gasteiger partial charge in [-0.15, -0.1) is 0 Å². The molecule has 0 aliphatic heterocycles. The fourth-order valence-corrected chi connectivity index (χ4v) is 3.50. The Bertz CT molecular complexity index is 1050. The van der Waals surface area contributed by atoms with Crippen molar-refractivity contribution in [2.75, 3.05) is 0 Å². The van der Waals surface area contributed by atoms with Crippen LogP contribution in [0.25, 0.3) is 22.1 Å². The molecule has 2 heterocycles.